The standard InChI is InChI=1S/C28H29N3O4S2/c1-4-5-14-35-27(34)20-10-12-21(13-11-20)29-23(32)16-37-28-30-25(33)24-22(15-36-26(24)31-28)19-8-6-18(7-9-19)17(2)3/h6-13,15,17H,4-5,14,16H2,1-3H3,(H,29,32)(H,30,31,33). The molecule has 0 atom stereocenters. The van der Waals surface area contributed by atoms with E-state index in [0.717, 1.165) is 35.7 Å². The number of carbonyl (C=O) groups is 2. The molecule has 0 aliphatic heterocycles. The van der Waals surface area contributed by atoms with Gasteiger partial charge >= 0.3 is 5.97 Å². The molecule has 0 spiro atoms. The Kier molecular flexibility index (Phi) is 8.78. The molecule has 192 valence electrons. The molecule has 2 N–H and O–H groups in total. The molecule has 0 aliphatic carbocycles. The van der Waals surface area contributed by atoms with Crippen molar-refractivity contribution in [2.24, 2.45) is 0 Å². The van der Waals surface area contributed by atoms with Gasteiger partial charge in [-0.05, 0) is 47.7 Å². The Balaban J connectivity index is 1.37. The average molecular weight is 536 g/mol. The van der Waals surface area contributed by atoms with Crippen LogP contribution in [-0.4, -0.2) is 34.2 Å². The summed E-state index contributed by atoms with van der Waals surface area (Å²) < 4.78 is 5.19. The molecule has 2 aromatic heterocycles. The van der Waals surface area contributed by atoms with Crippen molar-refractivity contribution in [3.8, 4) is 11.1 Å². The minimum Gasteiger partial charge on any atom is -0.462 e. The second-order valence-electron chi connectivity index (χ2n) is 8.88. The number of hydrogen-bond acceptors (Lipinski definition) is 7. The number of aromatic nitrogens is 2. The van der Waals surface area contributed by atoms with Gasteiger partial charge in [0, 0.05) is 16.6 Å². The van der Waals surface area contributed by atoms with E-state index < -0.39 is 0 Å². The minimum absolute atomic E-state index is 0.0736. The van der Waals surface area contributed by atoms with Crippen molar-refractivity contribution < 1.29 is 14.3 Å². The number of thiophene rings is 1. The number of unbranched alkanes of at least 4 members (excludes halogenated alkanes) is 1. The third-order valence-electron chi connectivity index (χ3n) is 5.79. The lowest BCUT2D eigenvalue weighted by Gasteiger charge is -2.07. The second-order valence-corrected chi connectivity index (χ2v) is 10.7. The SMILES string of the molecule is CCCCOC(=O)c1ccc(NC(=O)CSc2nc3scc(-c4ccc(C(C)C)cc4)c3c(=O)[nH]2)cc1. The highest BCUT2D eigenvalue weighted by molar-refractivity contribution is 7.99. The molecule has 7 nitrogen and oxygen atoms in total. The molecular weight excluding hydrogens is 506 g/mol. The Morgan fingerprint density at radius 3 is 2.51 bits per heavy atom. The summed E-state index contributed by atoms with van der Waals surface area (Å²) in [5.74, 6) is -0.113. The van der Waals surface area contributed by atoms with Gasteiger partial charge in [-0.2, -0.15) is 0 Å². The molecule has 2 heterocycles. The summed E-state index contributed by atoms with van der Waals surface area (Å²) in [7, 11) is 0. The number of anilines is 1. The fraction of sp³-hybridized carbons (Fsp3) is 0.286. The van der Waals surface area contributed by atoms with Crippen LogP contribution in [0.2, 0.25) is 0 Å². The number of ether oxygens (including phenoxy) is 1. The fourth-order valence-corrected chi connectivity index (χ4v) is 5.34. The zero-order valence-electron chi connectivity index (χ0n) is 21.0. The van der Waals surface area contributed by atoms with Gasteiger partial charge in [0.25, 0.3) is 5.56 Å². The third-order valence-corrected chi connectivity index (χ3v) is 7.53. The second kappa shape index (κ2) is 12.2. The minimum atomic E-state index is -0.378. The Morgan fingerprint density at radius 2 is 1.84 bits per heavy atom. The van der Waals surface area contributed by atoms with Crippen LogP contribution in [0, 0.1) is 0 Å². The van der Waals surface area contributed by atoms with Gasteiger partial charge in [-0.1, -0.05) is 63.2 Å². The summed E-state index contributed by atoms with van der Waals surface area (Å²) in [5.41, 5.74) is 3.86. The Morgan fingerprint density at radius 1 is 1.11 bits per heavy atom. The van der Waals surface area contributed by atoms with Crippen molar-refractivity contribution in [2.75, 3.05) is 17.7 Å². The number of H-pyrrole nitrogens is 1. The smallest absolute Gasteiger partial charge is 0.338 e. The number of carbonyl (C=O) groups excluding carboxylic acids is 2. The molecule has 4 rings (SSSR count). The predicted octanol–water partition coefficient (Wildman–Crippen LogP) is 6.46. The first kappa shape index (κ1) is 26.6. The predicted molar refractivity (Wildman–Crippen MR) is 151 cm³/mol. The topological polar surface area (TPSA) is 101 Å². The molecule has 0 radical (unpaired) electrons. The van der Waals surface area contributed by atoms with E-state index in [1.807, 2.05) is 24.4 Å². The molecule has 37 heavy (non-hydrogen) atoms. The van der Waals surface area contributed by atoms with E-state index in [2.05, 4.69) is 41.3 Å². The lowest BCUT2D eigenvalue weighted by molar-refractivity contribution is -0.113. The van der Waals surface area contributed by atoms with Crippen LogP contribution in [0.4, 0.5) is 5.69 Å². The van der Waals surface area contributed by atoms with E-state index in [1.165, 1.54) is 16.9 Å². The van der Waals surface area contributed by atoms with Gasteiger partial charge < -0.3 is 15.0 Å². The maximum Gasteiger partial charge on any atom is 0.338 e. The summed E-state index contributed by atoms with van der Waals surface area (Å²) in [5, 5.41) is 5.69. The average Bonchev–Trinajstić information content (AvgIpc) is 3.33. The van der Waals surface area contributed by atoms with Crippen LogP contribution in [0.25, 0.3) is 21.3 Å². The van der Waals surface area contributed by atoms with Gasteiger partial charge in [0.15, 0.2) is 5.16 Å². The highest BCUT2D eigenvalue weighted by Gasteiger charge is 2.15. The summed E-state index contributed by atoms with van der Waals surface area (Å²) >= 11 is 2.57. The van der Waals surface area contributed by atoms with Gasteiger partial charge in [0.1, 0.15) is 4.83 Å². The fourth-order valence-electron chi connectivity index (χ4n) is 3.67. The lowest BCUT2D eigenvalue weighted by Crippen LogP contribution is -2.15. The molecule has 2 aromatic carbocycles. The van der Waals surface area contributed by atoms with E-state index in [4.69, 9.17) is 4.74 Å². The van der Waals surface area contributed by atoms with Gasteiger partial charge in [-0.3, -0.25) is 9.59 Å². The van der Waals surface area contributed by atoms with Gasteiger partial charge in [-0.15, -0.1) is 11.3 Å². The normalized spacial score (nSPS) is 11.1. The van der Waals surface area contributed by atoms with Crippen molar-refractivity contribution in [3.63, 3.8) is 0 Å². The Labute approximate surface area is 223 Å². The van der Waals surface area contributed by atoms with Crippen LogP contribution in [0.5, 0.6) is 0 Å². The van der Waals surface area contributed by atoms with Crippen LogP contribution < -0.4 is 10.9 Å². The number of amides is 1. The molecule has 4 aromatic rings. The number of fused-ring (bicyclic) bond motifs is 1. The number of esters is 1. The molecule has 0 saturated carbocycles. The largest absolute Gasteiger partial charge is 0.462 e. The zero-order chi connectivity index (χ0) is 26.4. The molecule has 0 saturated heterocycles. The molecular formula is C28H29N3O4S2. The maximum atomic E-state index is 12.9. The van der Waals surface area contributed by atoms with E-state index in [-0.39, 0.29) is 23.2 Å². The van der Waals surface area contributed by atoms with Gasteiger partial charge in [-0.25, -0.2) is 9.78 Å². The summed E-state index contributed by atoms with van der Waals surface area (Å²) in [6.07, 6.45) is 1.78. The number of benzene rings is 2. The van der Waals surface area contributed by atoms with Crippen LogP contribution in [-0.2, 0) is 9.53 Å². The molecule has 0 unspecified atom stereocenters. The molecule has 0 fully saturated rings. The van der Waals surface area contributed by atoms with Crippen molar-refractivity contribution in [1.29, 1.82) is 0 Å². The number of rotatable bonds is 10. The van der Waals surface area contributed by atoms with Crippen molar-refractivity contribution in [1.82, 2.24) is 9.97 Å². The zero-order valence-corrected chi connectivity index (χ0v) is 22.6. The number of thioether (sulfide) groups is 1. The molecule has 1 amide bonds. The number of aromatic amines is 1. The summed E-state index contributed by atoms with van der Waals surface area (Å²) in [6.45, 7) is 6.71. The van der Waals surface area contributed by atoms with Crippen molar-refractivity contribution in [2.45, 2.75) is 44.7 Å². The number of nitrogens with zero attached hydrogens (tertiary/aromatic N) is 1. The number of nitrogens with one attached hydrogen (secondary N) is 2. The first-order chi connectivity index (χ1) is 17.9. The summed E-state index contributed by atoms with van der Waals surface area (Å²) in [6, 6.07) is 14.8. The Bertz CT molecular complexity index is 1440. The lowest BCUT2D eigenvalue weighted by atomic mass is 9.99. The first-order valence-electron chi connectivity index (χ1n) is 12.2. The quantitative estimate of drug-likeness (QED) is 0.105. The van der Waals surface area contributed by atoms with Crippen LogP contribution >= 0.6 is 23.1 Å². The maximum absolute atomic E-state index is 12.9. The summed E-state index contributed by atoms with van der Waals surface area (Å²) in [4.78, 5) is 45.4. The van der Waals surface area contributed by atoms with Gasteiger partial charge in [0.2, 0.25) is 5.91 Å². The van der Waals surface area contributed by atoms with Gasteiger partial charge in [0.05, 0.1) is 23.3 Å². The van der Waals surface area contributed by atoms with E-state index >= 15 is 0 Å². The van der Waals surface area contributed by atoms with Crippen LogP contribution in [0.3, 0.4) is 0 Å². The van der Waals surface area contributed by atoms with Crippen LogP contribution in [0.1, 0.15) is 55.5 Å². The van der Waals surface area contributed by atoms with E-state index in [1.54, 1.807) is 24.3 Å². The molecule has 0 bridgehead atoms. The van der Waals surface area contributed by atoms with Crippen molar-refractivity contribution in [3.05, 3.63) is 75.4 Å². The van der Waals surface area contributed by atoms with Crippen molar-refractivity contribution >= 4 is 50.9 Å². The number of hydrogen-bond donors (Lipinski definition) is 2. The molecule has 9 heteroatoms. The van der Waals surface area contributed by atoms with E-state index in [9.17, 15) is 14.4 Å². The first-order valence-corrected chi connectivity index (χ1v) is 14.0. The Hall–Kier alpha value is -3.43. The highest BCUT2D eigenvalue weighted by atomic mass is 32.2. The highest BCUT2D eigenvalue weighted by Crippen LogP contribution is 2.32. The third kappa shape index (κ3) is 6.67. The molecule has 0 aliphatic rings. The monoisotopic (exact) mass is 535 g/mol. The van der Waals surface area contributed by atoms with Crippen LogP contribution in [0.15, 0.2) is 63.9 Å². The van der Waals surface area contributed by atoms with E-state index in [0.29, 0.717) is 39.1 Å².